The molecule has 3 rings (SSSR count). The standard InChI is InChI=1S/C11H9N3O3S2/c1-19(16,17)9-6-18-11(13-9)14-8-5-3-2-4-7(8)12-10(14)15/h2-6H,1H3,(H,12,15). The molecule has 0 bridgehead atoms. The molecule has 0 radical (unpaired) electrons. The topological polar surface area (TPSA) is 84.8 Å². The SMILES string of the molecule is CS(=O)(=O)c1csc(-n2c(=O)[nH]c3ccccc32)n1. The summed E-state index contributed by atoms with van der Waals surface area (Å²) < 4.78 is 24.2. The fourth-order valence-corrected chi connectivity index (χ4v) is 3.62. The van der Waals surface area contributed by atoms with E-state index in [1.54, 1.807) is 18.2 Å². The molecule has 0 saturated carbocycles. The minimum absolute atomic E-state index is 0.0234. The van der Waals surface area contributed by atoms with Crippen molar-refractivity contribution in [1.82, 2.24) is 14.5 Å². The molecule has 1 N–H and O–H groups in total. The van der Waals surface area contributed by atoms with E-state index in [2.05, 4.69) is 9.97 Å². The Balaban J connectivity index is 2.28. The van der Waals surface area contributed by atoms with E-state index in [-0.39, 0.29) is 10.7 Å². The van der Waals surface area contributed by atoms with E-state index in [4.69, 9.17) is 0 Å². The molecular weight excluding hydrogens is 286 g/mol. The molecule has 0 aliphatic carbocycles. The number of imidazole rings is 1. The summed E-state index contributed by atoms with van der Waals surface area (Å²) in [6.07, 6.45) is 1.09. The summed E-state index contributed by atoms with van der Waals surface area (Å²) in [7, 11) is -3.37. The molecule has 2 heterocycles. The van der Waals surface area contributed by atoms with E-state index >= 15 is 0 Å². The van der Waals surface area contributed by atoms with Crippen molar-refractivity contribution in [2.45, 2.75) is 5.03 Å². The maximum atomic E-state index is 11.9. The first kappa shape index (κ1) is 12.1. The first-order valence-electron chi connectivity index (χ1n) is 5.32. The Morgan fingerprint density at radius 2 is 2.05 bits per heavy atom. The van der Waals surface area contributed by atoms with E-state index in [9.17, 15) is 13.2 Å². The zero-order valence-electron chi connectivity index (χ0n) is 9.82. The lowest BCUT2D eigenvalue weighted by molar-refractivity contribution is 0.599. The molecule has 19 heavy (non-hydrogen) atoms. The minimum Gasteiger partial charge on any atom is -0.305 e. The Kier molecular flexibility index (Phi) is 2.58. The van der Waals surface area contributed by atoms with Crippen molar-refractivity contribution in [2.75, 3.05) is 6.26 Å². The van der Waals surface area contributed by atoms with Crippen molar-refractivity contribution in [1.29, 1.82) is 0 Å². The maximum Gasteiger partial charge on any atom is 0.332 e. The third-order valence-electron chi connectivity index (χ3n) is 2.63. The first-order chi connectivity index (χ1) is 8.97. The quantitative estimate of drug-likeness (QED) is 0.769. The summed E-state index contributed by atoms with van der Waals surface area (Å²) in [6, 6.07) is 7.16. The number of aromatic nitrogens is 3. The van der Waals surface area contributed by atoms with Crippen molar-refractivity contribution in [2.24, 2.45) is 0 Å². The molecule has 98 valence electrons. The number of sulfone groups is 1. The highest BCUT2D eigenvalue weighted by molar-refractivity contribution is 7.90. The number of hydrogen-bond acceptors (Lipinski definition) is 5. The summed E-state index contributed by atoms with van der Waals surface area (Å²) >= 11 is 1.12. The number of nitrogens with one attached hydrogen (secondary N) is 1. The lowest BCUT2D eigenvalue weighted by Crippen LogP contribution is -2.14. The van der Waals surface area contributed by atoms with Crippen LogP contribution in [0.2, 0.25) is 0 Å². The van der Waals surface area contributed by atoms with Crippen LogP contribution in [0.4, 0.5) is 0 Å². The van der Waals surface area contributed by atoms with Gasteiger partial charge in [-0.15, -0.1) is 11.3 Å². The van der Waals surface area contributed by atoms with Crippen molar-refractivity contribution >= 4 is 32.2 Å². The van der Waals surface area contributed by atoms with Gasteiger partial charge >= 0.3 is 5.69 Å². The monoisotopic (exact) mass is 295 g/mol. The molecule has 0 spiro atoms. The van der Waals surface area contributed by atoms with Gasteiger partial charge in [0.15, 0.2) is 20.0 Å². The summed E-state index contributed by atoms with van der Waals surface area (Å²) in [4.78, 5) is 18.6. The lowest BCUT2D eigenvalue weighted by Gasteiger charge is -1.96. The normalized spacial score (nSPS) is 12.1. The van der Waals surface area contributed by atoms with E-state index in [0.717, 1.165) is 17.6 Å². The zero-order valence-corrected chi connectivity index (χ0v) is 11.5. The number of fused-ring (bicyclic) bond motifs is 1. The lowest BCUT2D eigenvalue weighted by atomic mass is 10.3. The summed E-state index contributed by atoms with van der Waals surface area (Å²) in [5.74, 6) is 0. The first-order valence-corrected chi connectivity index (χ1v) is 8.09. The van der Waals surface area contributed by atoms with Crippen LogP contribution in [0.25, 0.3) is 16.2 Å². The number of para-hydroxylation sites is 2. The van der Waals surface area contributed by atoms with Crippen molar-refractivity contribution in [3.05, 3.63) is 40.1 Å². The number of H-pyrrole nitrogens is 1. The maximum absolute atomic E-state index is 11.9. The Hall–Kier alpha value is -1.93. The third-order valence-corrected chi connectivity index (χ3v) is 4.58. The van der Waals surface area contributed by atoms with Gasteiger partial charge in [0.1, 0.15) is 0 Å². The van der Waals surface area contributed by atoms with Crippen LogP contribution in [0.15, 0.2) is 39.5 Å². The van der Waals surface area contributed by atoms with E-state index in [1.807, 2.05) is 6.07 Å². The van der Waals surface area contributed by atoms with Gasteiger partial charge in [-0.05, 0) is 12.1 Å². The molecule has 0 saturated heterocycles. The Morgan fingerprint density at radius 3 is 2.74 bits per heavy atom. The summed E-state index contributed by atoms with van der Waals surface area (Å²) in [5.41, 5.74) is 1.01. The van der Waals surface area contributed by atoms with E-state index < -0.39 is 9.84 Å². The highest BCUT2D eigenvalue weighted by Crippen LogP contribution is 2.20. The molecule has 0 aliphatic rings. The van der Waals surface area contributed by atoms with Crippen LogP contribution in [0.3, 0.4) is 0 Å². The van der Waals surface area contributed by atoms with Crippen LogP contribution in [-0.2, 0) is 9.84 Å². The molecule has 3 aromatic rings. The van der Waals surface area contributed by atoms with Gasteiger partial charge in [0.2, 0.25) is 0 Å². The predicted molar refractivity (Wildman–Crippen MR) is 72.7 cm³/mol. The van der Waals surface area contributed by atoms with Gasteiger partial charge < -0.3 is 4.98 Å². The average molecular weight is 295 g/mol. The Bertz CT molecular complexity index is 918. The third kappa shape index (κ3) is 1.98. The zero-order chi connectivity index (χ0) is 13.6. The van der Waals surface area contributed by atoms with E-state index in [1.165, 1.54) is 9.95 Å². The fourth-order valence-electron chi connectivity index (χ4n) is 1.77. The van der Waals surface area contributed by atoms with Crippen LogP contribution in [0.5, 0.6) is 0 Å². The predicted octanol–water partition coefficient (Wildman–Crippen LogP) is 1.18. The van der Waals surface area contributed by atoms with Crippen LogP contribution in [0.1, 0.15) is 0 Å². The number of aromatic amines is 1. The highest BCUT2D eigenvalue weighted by Gasteiger charge is 2.16. The van der Waals surface area contributed by atoms with E-state index in [0.29, 0.717) is 16.2 Å². The van der Waals surface area contributed by atoms with Gasteiger partial charge in [0.25, 0.3) is 0 Å². The van der Waals surface area contributed by atoms with Crippen molar-refractivity contribution in [3.8, 4) is 5.13 Å². The number of benzene rings is 1. The van der Waals surface area contributed by atoms with Gasteiger partial charge in [-0.2, -0.15) is 0 Å². The van der Waals surface area contributed by atoms with Gasteiger partial charge in [0.05, 0.1) is 11.0 Å². The van der Waals surface area contributed by atoms with Crippen LogP contribution in [0, 0.1) is 0 Å². The van der Waals surface area contributed by atoms with Crippen molar-refractivity contribution < 1.29 is 8.42 Å². The molecule has 0 fully saturated rings. The number of thiazole rings is 1. The van der Waals surface area contributed by atoms with Crippen LogP contribution < -0.4 is 5.69 Å². The van der Waals surface area contributed by atoms with Crippen molar-refractivity contribution in [3.63, 3.8) is 0 Å². The highest BCUT2D eigenvalue weighted by atomic mass is 32.2. The number of rotatable bonds is 2. The second-order valence-electron chi connectivity index (χ2n) is 4.02. The molecule has 0 amide bonds. The van der Waals surface area contributed by atoms with Gasteiger partial charge in [-0.3, -0.25) is 0 Å². The molecule has 2 aromatic heterocycles. The number of nitrogens with zero attached hydrogens (tertiary/aromatic N) is 2. The largest absolute Gasteiger partial charge is 0.332 e. The van der Waals surface area contributed by atoms with Gasteiger partial charge in [0, 0.05) is 11.6 Å². The van der Waals surface area contributed by atoms with Gasteiger partial charge in [-0.1, -0.05) is 12.1 Å². The van der Waals surface area contributed by atoms with Crippen LogP contribution >= 0.6 is 11.3 Å². The second-order valence-corrected chi connectivity index (χ2v) is 6.82. The van der Waals surface area contributed by atoms with Crippen LogP contribution in [-0.4, -0.2) is 29.2 Å². The minimum atomic E-state index is -3.37. The average Bonchev–Trinajstić information content (AvgIpc) is 2.90. The molecule has 0 unspecified atom stereocenters. The number of hydrogen-bond donors (Lipinski definition) is 1. The fraction of sp³-hybridized carbons (Fsp3) is 0.0909. The second kappa shape index (κ2) is 4.04. The summed E-state index contributed by atoms with van der Waals surface area (Å²) in [5, 5.41) is 1.74. The summed E-state index contributed by atoms with van der Waals surface area (Å²) in [6.45, 7) is 0. The molecule has 0 atom stereocenters. The molecule has 1 aromatic carbocycles. The smallest absolute Gasteiger partial charge is 0.305 e. The molecule has 0 aliphatic heterocycles. The van der Waals surface area contributed by atoms with Gasteiger partial charge in [-0.25, -0.2) is 22.8 Å². The Morgan fingerprint density at radius 1 is 1.32 bits per heavy atom. The molecule has 6 nitrogen and oxygen atoms in total. The molecular formula is C11H9N3O3S2. The Labute approximate surface area is 112 Å². The molecule has 8 heteroatoms.